The first-order valence-electron chi connectivity index (χ1n) is 12.3. The van der Waals surface area contributed by atoms with Crippen LogP contribution in [0.5, 0.6) is 0 Å². The second-order valence-corrected chi connectivity index (χ2v) is 7.77. The average Bonchev–Trinajstić information content (AvgIpc) is 3.17. The van der Waals surface area contributed by atoms with E-state index in [1.165, 1.54) is 24.3 Å². The topological polar surface area (TPSA) is 85.8 Å². The van der Waals surface area contributed by atoms with E-state index in [-0.39, 0.29) is 29.5 Å². The number of nitrogens with zero attached hydrogens (tertiary/aromatic N) is 2. The Hall–Kier alpha value is -3.74. The van der Waals surface area contributed by atoms with E-state index in [0.717, 1.165) is 23.9 Å². The zero-order valence-electron chi connectivity index (χ0n) is 21.6. The molecule has 1 aliphatic rings. The molecule has 0 spiro atoms. The molecule has 1 aliphatic heterocycles. The molecule has 10 heteroatoms. The summed E-state index contributed by atoms with van der Waals surface area (Å²) >= 11 is 0. The highest BCUT2D eigenvalue weighted by molar-refractivity contribution is 5.94. The molecule has 0 aliphatic carbocycles. The van der Waals surface area contributed by atoms with E-state index in [1.807, 2.05) is 26.0 Å². The summed E-state index contributed by atoms with van der Waals surface area (Å²) in [7, 11) is 1.56. The molecule has 2 amide bonds. The van der Waals surface area contributed by atoms with Crippen LogP contribution in [0.1, 0.15) is 62.7 Å². The third-order valence-electron chi connectivity index (χ3n) is 5.18. The van der Waals surface area contributed by atoms with E-state index in [1.54, 1.807) is 13.3 Å². The number of hydrogen-bond acceptors (Lipinski definition) is 5. The molecule has 0 unspecified atom stereocenters. The number of hydrazine groups is 1. The first kappa shape index (κ1) is 31.3. The molecular formula is C27H36F3N5O2. The molecular weight excluding hydrogens is 483 g/mol. The Balaban J connectivity index is 0.00000334. The minimum atomic E-state index is -4.68. The minimum absolute atomic E-state index is 0.0432. The van der Waals surface area contributed by atoms with Crippen LogP contribution in [0.3, 0.4) is 0 Å². The van der Waals surface area contributed by atoms with Crippen LogP contribution < -0.4 is 21.1 Å². The molecule has 0 bridgehead atoms. The van der Waals surface area contributed by atoms with Crippen LogP contribution in [0, 0.1) is 12.5 Å². The minimum Gasteiger partial charge on any atom is -0.359 e. The molecule has 0 aromatic heterocycles. The van der Waals surface area contributed by atoms with E-state index in [0.29, 0.717) is 37.9 Å². The number of aliphatic imine (C=N–C) groups is 1. The van der Waals surface area contributed by atoms with Crippen molar-refractivity contribution in [1.82, 2.24) is 16.1 Å². The predicted octanol–water partition coefficient (Wildman–Crippen LogP) is 4.89. The Labute approximate surface area is 217 Å². The number of halogens is 3. The zero-order valence-corrected chi connectivity index (χ0v) is 21.6. The van der Waals surface area contributed by atoms with Gasteiger partial charge in [-0.05, 0) is 68.0 Å². The average molecular weight is 520 g/mol. The molecule has 1 aromatic rings. The molecule has 1 heterocycles. The molecule has 1 aromatic carbocycles. The number of rotatable bonds is 11. The van der Waals surface area contributed by atoms with E-state index < -0.39 is 11.9 Å². The lowest BCUT2D eigenvalue weighted by Gasteiger charge is -2.27. The summed E-state index contributed by atoms with van der Waals surface area (Å²) in [5.41, 5.74) is 2.45. The van der Waals surface area contributed by atoms with Crippen molar-refractivity contribution >= 4 is 23.7 Å². The van der Waals surface area contributed by atoms with Crippen LogP contribution >= 0.6 is 0 Å². The quantitative estimate of drug-likeness (QED) is 0.168. The molecule has 37 heavy (non-hydrogen) atoms. The number of carbonyl (C=O) groups excluding carboxylic acids is 2. The molecule has 7 nitrogen and oxygen atoms in total. The van der Waals surface area contributed by atoms with Crippen LogP contribution in [0.4, 0.5) is 18.9 Å². The van der Waals surface area contributed by atoms with Gasteiger partial charge in [0.15, 0.2) is 0 Å². The largest absolute Gasteiger partial charge is 0.433 e. The SMILES string of the molecule is C#CNN(/C(=C\CC1=CCCCN=C1)C(F)(F)F)c1ccc(C(=O)NCCCCC(=O)NC)cc1.CC. The monoisotopic (exact) mass is 519 g/mol. The second-order valence-electron chi connectivity index (χ2n) is 7.77. The molecule has 0 saturated heterocycles. The number of anilines is 1. The Kier molecular flexibility index (Phi) is 14.2. The van der Waals surface area contributed by atoms with Gasteiger partial charge in [-0.1, -0.05) is 26.3 Å². The number of alkyl halides is 3. The summed E-state index contributed by atoms with van der Waals surface area (Å²) in [4.78, 5) is 27.7. The smallest absolute Gasteiger partial charge is 0.359 e. The zero-order chi connectivity index (χ0) is 27.7. The predicted molar refractivity (Wildman–Crippen MR) is 142 cm³/mol. The lowest BCUT2D eigenvalue weighted by molar-refractivity contribution is -0.120. The third-order valence-corrected chi connectivity index (χ3v) is 5.18. The summed E-state index contributed by atoms with van der Waals surface area (Å²) in [6.45, 7) is 5.03. The number of hydrogen-bond donors (Lipinski definition) is 3. The fraction of sp³-hybridized carbons (Fsp3) is 0.444. The maximum Gasteiger partial charge on any atom is 0.433 e. The van der Waals surface area contributed by atoms with Crippen LogP contribution in [0.15, 0.2) is 52.7 Å². The van der Waals surface area contributed by atoms with Gasteiger partial charge in [0.1, 0.15) is 5.70 Å². The highest BCUT2D eigenvalue weighted by Gasteiger charge is 2.38. The Bertz CT molecular complexity index is 993. The van der Waals surface area contributed by atoms with Gasteiger partial charge in [0.05, 0.1) is 5.69 Å². The molecule has 2 rings (SSSR count). The third kappa shape index (κ3) is 11.2. The highest BCUT2D eigenvalue weighted by atomic mass is 19.4. The Morgan fingerprint density at radius 3 is 2.51 bits per heavy atom. The van der Waals surface area contributed by atoms with Crippen molar-refractivity contribution in [2.75, 3.05) is 25.1 Å². The molecule has 0 radical (unpaired) electrons. The van der Waals surface area contributed by atoms with E-state index >= 15 is 0 Å². The highest BCUT2D eigenvalue weighted by Crippen LogP contribution is 2.32. The van der Waals surface area contributed by atoms with Gasteiger partial charge >= 0.3 is 6.18 Å². The summed E-state index contributed by atoms with van der Waals surface area (Å²) in [5, 5.41) is 6.03. The normalized spacial score (nSPS) is 13.2. The van der Waals surface area contributed by atoms with Crippen molar-refractivity contribution < 1.29 is 22.8 Å². The van der Waals surface area contributed by atoms with Crippen molar-refractivity contribution in [3.05, 3.63) is 53.3 Å². The van der Waals surface area contributed by atoms with Crippen molar-refractivity contribution in [2.24, 2.45) is 4.99 Å². The number of benzene rings is 1. The van der Waals surface area contributed by atoms with Crippen LogP contribution in [-0.4, -0.2) is 44.3 Å². The molecule has 202 valence electrons. The van der Waals surface area contributed by atoms with Gasteiger partial charge in [0, 0.05) is 44.4 Å². The fourth-order valence-electron chi connectivity index (χ4n) is 3.32. The molecule has 0 saturated carbocycles. The first-order chi connectivity index (χ1) is 17.8. The van der Waals surface area contributed by atoms with Crippen molar-refractivity contribution in [3.63, 3.8) is 0 Å². The van der Waals surface area contributed by atoms with Crippen molar-refractivity contribution in [1.29, 1.82) is 0 Å². The Morgan fingerprint density at radius 1 is 1.19 bits per heavy atom. The van der Waals surface area contributed by atoms with Gasteiger partial charge < -0.3 is 10.6 Å². The first-order valence-corrected chi connectivity index (χ1v) is 12.3. The fourth-order valence-corrected chi connectivity index (χ4v) is 3.32. The number of nitrogens with one attached hydrogen (secondary N) is 3. The lowest BCUT2D eigenvalue weighted by Crippen LogP contribution is -2.40. The van der Waals surface area contributed by atoms with Gasteiger partial charge in [-0.2, -0.15) is 13.2 Å². The number of terminal acetylenes is 1. The maximum absolute atomic E-state index is 13.9. The van der Waals surface area contributed by atoms with Crippen molar-refractivity contribution in [2.45, 2.75) is 58.5 Å². The number of carbonyl (C=O) groups is 2. The molecule has 0 fully saturated rings. The van der Waals surface area contributed by atoms with Gasteiger partial charge in [0.2, 0.25) is 5.91 Å². The standard InChI is InChI=1S/C25H30F3N5O2.C2H6/c1-3-32-33(22(25(26,27)28)15-10-19-8-4-6-16-30-18-19)21-13-11-20(12-14-21)24(35)31-17-7-5-9-23(34)29-2;1-2/h1,8,11-15,18,32H,4-7,9-10,16-17H2,2H3,(H,29,34)(H,31,35);1-2H3/b22-15-;. The van der Waals surface area contributed by atoms with Gasteiger partial charge in [-0.15, -0.1) is 0 Å². The maximum atomic E-state index is 13.9. The molecule has 0 atom stereocenters. The van der Waals surface area contributed by atoms with Crippen LogP contribution in [-0.2, 0) is 4.79 Å². The number of unbranched alkanes of at least 4 members (excludes halogenated alkanes) is 1. The van der Waals surface area contributed by atoms with Gasteiger partial charge in [-0.25, -0.2) is 5.01 Å². The number of amides is 2. The van der Waals surface area contributed by atoms with E-state index in [2.05, 4.69) is 21.1 Å². The number of allylic oxidation sites excluding steroid dienone is 4. The summed E-state index contributed by atoms with van der Waals surface area (Å²) in [6, 6.07) is 7.66. The lowest BCUT2D eigenvalue weighted by atomic mass is 10.1. The van der Waals surface area contributed by atoms with Gasteiger partial charge in [-0.3, -0.25) is 20.0 Å². The Morgan fingerprint density at radius 2 is 1.89 bits per heavy atom. The van der Waals surface area contributed by atoms with Gasteiger partial charge in [0.25, 0.3) is 5.91 Å². The van der Waals surface area contributed by atoms with E-state index in [4.69, 9.17) is 6.42 Å². The van der Waals surface area contributed by atoms with Crippen LogP contribution in [0.2, 0.25) is 0 Å². The summed E-state index contributed by atoms with van der Waals surface area (Å²) < 4.78 is 41.8. The summed E-state index contributed by atoms with van der Waals surface area (Å²) in [5.74, 6) is -0.428. The van der Waals surface area contributed by atoms with Crippen LogP contribution in [0.25, 0.3) is 0 Å². The van der Waals surface area contributed by atoms with Crippen molar-refractivity contribution in [3.8, 4) is 12.5 Å². The second kappa shape index (κ2) is 16.8. The van der Waals surface area contributed by atoms with E-state index in [9.17, 15) is 22.8 Å². The summed E-state index contributed by atoms with van der Waals surface area (Å²) in [6.07, 6.45) is 8.41. The molecule has 3 N–H and O–H groups in total.